The molecule has 0 radical (unpaired) electrons. The summed E-state index contributed by atoms with van der Waals surface area (Å²) in [6, 6.07) is 7.83. The quantitative estimate of drug-likeness (QED) is 0.897. The van der Waals surface area contributed by atoms with Crippen molar-refractivity contribution in [2.45, 2.75) is 26.9 Å². The molecule has 1 aliphatic heterocycles. The average molecular weight is 343 g/mol. The summed E-state index contributed by atoms with van der Waals surface area (Å²) in [6.45, 7) is 8.82. The molecule has 1 aromatic carbocycles. The third-order valence-electron chi connectivity index (χ3n) is 4.39. The molecule has 0 saturated carbocycles. The summed E-state index contributed by atoms with van der Waals surface area (Å²) in [4.78, 5) is 21.1. The summed E-state index contributed by atoms with van der Waals surface area (Å²) >= 11 is 0. The number of hydrogen-bond donors (Lipinski definition) is 1. The van der Waals surface area contributed by atoms with E-state index in [0.717, 1.165) is 30.4 Å². The van der Waals surface area contributed by atoms with Gasteiger partial charge in [0, 0.05) is 26.2 Å². The van der Waals surface area contributed by atoms with Gasteiger partial charge in [0.05, 0.1) is 0 Å². The molecule has 1 atom stereocenters. The van der Waals surface area contributed by atoms with Gasteiger partial charge in [0.15, 0.2) is 6.10 Å². The maximum atomic E-state index is 13.0. The number of ether oxygens (including phenoxy) is 1. The number of aromatic nitrogens is 3. The summed E-state index contributed by atoms with van der Waals surface area (Å²) in [6.07, 6.45) is 1.02. The summed E-state index contributed by atoms with van der Waals surface area (Å²) in [5, 5.41) is 6.75. The largest absolute Gasteiger partial charge is 0.480 e. The Morgan fingerprint density at radius 2 is 2.00 bits per heavy atom. The number of aromatic amines is 1. The molecule has 0 unspecified atom stereocenters. The van der Waals surface area contributed by atoms with Crippen LogP contribution in [-0.4, -0.2) is 58.3 Å². The van der Waals surface area contributed by atoms with E-state index in [1.54, 1.807) is 0 Å². The summed E-state index contributed by atoms with van der Waals surface area (Å²) in [7, 11) is 0. The number of anilines is 1. The number of hydrogen-bond acceptors (Lipinski definition) is 5. The van der Waals surface area contributed by atoms with E-state index in [-0.39, 0.29) is 11.8 Å². The van der Waals surface area contributed by atoms with Gasteiger partial charge in [0.1, 0.15) is 12.1 Å². The molecule has 1 saturated heterocycles. The van der Waals surface area contributed by atoms with Gasteiger partial charge >= 0.3 is 0 Å². The molecule has 25 heavy (non-hydrogen) atoms. The first-order chi connectivity index (χ1) is 12.0. The van der Waals surface area contributed by atoms with E-state index in [1.807, 2.05) is 49.9 Å². The number of H-pyrrole nitrogens is 1. The van der Waals surface area contributed by atoms with E-state index in [9.17, 15) is 4.79 Å². The van der Waals surface area contributed by atoms with Crippen molar-refractivity contribution < 1.29 is 9.53 Å². The van der Waals surface area contributed by atoms with Crippen molar-refractivity contribution in [1.29, 1.82) is 0 Å². The van der Waals surface area contributed by atoms with Crippen LogP contribution in [0.1, 0.15) is 19.4 Å². The maximum Gasteiger partial charge on any atom is 0.264 e. The zero-order valence-electron chi connectivity index (χ0n) is 15.0. The fraction of sp³-hybridized carbons (Fsp3) is 0.500. The molecule has 7 heteroatoms. The van der Waals surface area contributed by atoms with E-state index >= 15 is 0 Å². The van der Waals surface area contributed by atoms with Crippen molar-refractivity contribution in [2.75, 3.05) is 31.1 Å². The first-order valence-electron chi connectivity index (χ1n) is 8.67. The Morgan fingerprint density at radius 3 is 2.60 bits per heavy atom. The van der Waals surface area contributed by atoms with E-state index < -0.39 is 6.10 Å². The Hall–Kier alpha value is -2.57. The van der Waals surface area contributed by atoms with Gasteiger partial charge in [-0.05, 0) is 30.5 Å². The number of rotatable bonds is 5. The Kier molecular flexibility index (Phi) is 5.21. The molecule has 1 fully saturated rings. The lowest BCUT2D eigenvalue weighted by Gasteiger charge is -2.36. The molecule has 0 aliphatic carbocycles. The van der Waals surface area contributed by atoms with Crippen LogP contribution in [0.25, 0.3) is 0 Å². The van der Waals surface area contributed by atoms with E-state index in [4.69, 9.17) is 4.74 Å². The SMILES string of the molecule is Cc1cccc(O[C@H](C(=O)N2CCN(c3ncn[nH]3)CC2)C(C)C)c1. The predicted molar refractivity (Wildman–Crippen MR) is 95.6 cm³/mol. The average Bonchev–Trinajstić information content (AvgIpc) is 3.14. The zero-order chi connectivity index (χ0) is 17.8. The molecule has 1 aliphatic rings. The van der Waals surface area contributed by atoms with Gasteiger partial charge < -0.3 is 14.5 Å². The Labute approximate surface area is 148 Å². The van der Waals surface area contributed by atoms with Crippen LogP contribution in [-0.2, 0) is 4.79 Å². The molecular weight excluding hydrogens is 318 g/mol. The Bertz CT molecular complexity index is 693. The van der Waals surface area contributed by atoms with Crippen molar-refractivity contribution in [1.82, 2.24) is 20.1 Å². The third kappa shape index (κ3) is 4.10. The molecule has 2 aromatic rings. The molecule has 1 N–H and O–H groups in total. The topological polar surface area (TPSA) is 74.3 Å². The van der Waals surface area contributed by atoms with Crippen molar-refractivity contribution in [3.8, 4) is 5.75 Å². The molecule has 3 rings (SSSR count). The van der Waals surface area contributed by atoms with Crippen LogP contribution in [0.3, 0.4) is 0 Å². The second-order valence-electron chi connectivity index (χ2n) is 6.72. The van der Waals surface area contributed by atoms with Gasteiger partial charge in [-0.2, -0.15) is 10.1 Å². The minimum absolute atomic E-state index is 0.0497. The Morgan fingerprint density at radius 1 is 1.24 bits per heavy atom. The summed E-state index contributed by atoms with van der Waals surface area (Å²) in [5.74, 6) is 1.64. The van der Waals surface area contributed by atoms with Crippen LogP contribution in [0.4, 0.5) is 5.95 Å². The second-order valence-corrected chi connectivity index (χ2v) is 6.72. The lowest BCUT2D eigenvalue weighted by molar-refractivity contribution is -0.141. The maximum absolute atomic E-state index is 13.0. The number of aryl methyl sites for hydroxylation is 1. The van der Waals surface area contributed by atoms with E-state index in [2.05, 4.69) is 20.1 Å². The second kappa shape index (κ2) is 7.55. The molecular formula is C18H25N5O2. The standard InChI is InChI=1S/C18H25N5O2/c1-13(2)16(25-15-6-4-5-14(3)11-15)17(24)22-7-9-23(10-8-22)18-19-12-20-21-18/h4-6,11-13,16H,7-10H2,1-3H3,(H,19,20,21)/t16-/m0/s1. The number of amides is 1. The molecule has 2 heterocycles. The number of nitrogens with zero attached hydrogens (tertiary/aromatic N) is 4. The van der Waals surface area contributed by atoms with Gasteiger partial charge in [-0.25, -0.2) is 5.10 Å². The van der Waals surface area contributed by atoms with Crippen molar-refractivity contribution >= 4 is 11.9 Å². The van der Waals surface area contributed by atoms with Gasteiger partial charge in [-0.15, -0.1) is 0 Å². The van der Waals surface area contributed by atoms with Crippen molar-refractivity contribution in [3.63, 3.8) is 0 Å². The summed E-state index contributed by atoms with van der Waals surface area (Å²) in [5.41, 5.74) is 1.12. The van der Waals surface area contributed by atoms with Crippen LogP contribution in [0, 0.1) is 12.8 Å². The molecule has 0 bridgehead atoms. The molecule has 0 spiro atoms. The minimum Gasteiger partial charge on any atom is -0.480 e. The van der Waals surface area contributed by atoms with Gasteiger partial charge in [0.2, 0.25) is 5.95 Å². The first-order valence-corrected chi connectivity index (χ1v) is 8.67. The van der Waals surface area contributed by atoms with Gasteiger partial charge in [0.25, 0.3) is 5.91 Å². The number of piperazine rings is 1. The van der Waals surface area contributed by atoms with Crippen LogP contribution in [0.5, 0.6) is 5.75 Å². The fourth-order valence-electron chi connectivity index (χ4n) is 2.98. The van der Waals surface area contributed by atoms with Crippen molar-refractivity contribution in [3.05, 3.63) is 36.2 Å². The van der Waals surface area contributed by atoms with Crippen LogP contribution >= 0.6 is 0 Å². The molecule has 7 nitrogen and oxygen atoms in total. The number of benzene rings is 1. The highest BCUT2D eigenvalue weighted by atomic mass is 16.5. The van der Waals surface area contributed by atoms with E-state index in [0.29, 0.717) is 13.1 Å². The number of nitrogens with one attached hydrogen (secondary N) is 1. The lowest BCUT2D eigenvalue weighted by Crippen LogP contribution is -2.53. The molecule has 1 amide bonds. The normalized spacial score (nSPS) is 16.2. The van der Waals surface area contributed by atoms with Gasteiger partial charge in [-0.3, -0.25) is 4.79 Å². The summed E-state index contributed by atoms with van der Waals surface area (Å²) < 4.78 is 6.04. The van der Waals surface area contributed by atoms with Crippen LogP contribution in [0.15, 0.2) is 30.6 Å². The minimum atomic E-state index is -0.473. The lowest BCUT2D eigenvalue weighted by atomic mass is 10.1. The highest BCUT2D eigenvalue weighted by Gasteiger charge is 2.31. The number of carbonyl (C=O) groups is 1. The van der Waals surface area contributed by atoms with E-state index in [1.165, 1.54) is 6.33 Å². The van der Waals surface area contributed by atoms with Crippen molar-refractivity contribution in [2.24, 2.45) is 5.92 Å². The monoisotopic (exact) mass is 343 g/mol. The highest BCUT2D eigenvalue weighted by Crippen LogP contribution is 2.20. The van der Waals surface area contributed by atoms with Crippen LogP contribution < -0.4 is 9.64 Å². The number of carbonyl (C=O) groups excluding carboxylic acids is 1. The molecule has 1 aromatic heterocycles. The fourth-order valence-corrected chi connectivity index (χ4v) is 2.98. The van der Waals surface area contributed by atoms with Gasteiger partial charge in [-0.1, -0.05) is 26.0 Å². The first kappa shape index (κ1) is 17.3. The highest BCUT2D eigenvalue weighted by molar-refractivity contribution is 5.82. The smallest absolute Gasteiger partial charge is 0.264 e. The Balaban J connectivity index is 1.63. The predicted octanol–water partition coefficient (Wildman–Crippen LogP) is 1.87. The third-order valence-corrected chi connectivity index (χ3v) is 4.39. The molecule has 134 valence electrons. The van der Waals surface area contributed by atoms with Crippen LogP contribution in [0.2, 0.25) is 0 Å². The zero-order valence-corrected chi connectivity index (χ0v) is 15.0.